The molecule has 9 heteroatoms. The molecule has 0 N–H and O–H groups in total. The van der Waals surface area contributed by atoms with Crippen molar-refractivity contribution in [1.29, 1.82) is 0 Å². The molecule has 3 aromatic rings. The minimum absolute atomic E-state index is 0.0743. The summed E-state index contributed by atoms with van der Waals surface area (Å²) >= 11 is 1.28. The Hall–Kier alpha value is -2.81. The summed E-state index contributed by atoms with van der Waals surface area (Å²) in [5.74, 6) is 0.113. The molecule has 2 aromatic heterocycles. The van der Waals surface area contributed by atoms with Crippen LogP contribution in [0.1, 0.15) is 38.2 Å². The minimum Gasteiger partial charge on any atom is -0.442 e. The molecule has 0 saturated carbocycles. The highest BCUT2D eigenvalue weighted by molar-refractivity contribution is 7.14. The van der Waals surface area contributed by atoms with Gasteiger partial charge in [0.05, 0.1) is 11.4 Å². The number of nitrogens with zero attached hydrogens (tertiary/aromatic N) is 4. The highest BCUT2D eigenvalue weighted by atomic mass is 32.1. The van der Waals surface area contributed by atoms with E-state index in [1.54, 1.807) is 5.38 Å². The molecule has 26 heavy (non-hydrogen) atoms. The van der Waals surface area contributed by atoms with Crippen LogP contribution < -0.4 is 9.64 Å². The Morgan fingerprint density at radius 1 is 1.31 bits per heavy atom. The van der Waals surface area contributed by atoms with E-state index in [1.165, 1.54) is 47.4 Å². The maximum atomic E-state index is 13.1. The van der Waals surface area contributed by atoms with Gasteiger partial charge in [0.25, 0.3) is 0 Å². The van der Waals surface area contributed by atoms with Gasteiger partial charge in [0.1, 0.15) is 12.4 Å². The third-order valence-corrected chi connectivity index (χ3v) is 4.29. The fourth-order valence-electron chi connectivity index (χ4n) is 2.13. The van der Waals surface area contributed by atoms with Crippen molar-refractivity contribution in [2.75, 3.05) is 4.90 Å². The van der Waals surface area contributed by atoms with Crippen LogP contribution in [0.3, 0.4) is 0 Å². The molecule has 0 fully saturated rings. The topological polar surface area (TPSA) is 81.4 Å². The smallest absolute Gasteiger partial charge is 0.417 e. The van der Waals surface area contributed by atoms with Gasteiger partial charge in [-0.25, -0.2) is 9.37 Å². The van der Waals surface area contributed by atoms with Crippen molar-refractivity contribution in [3.05, 3.63) is 47.0 Å². The van der Waals surface area contributed by atoms with Gasteiger partial charge in [-0.1, -0.05) is 19.0 Å². The number of rotatable bonds is 6. The van der Waals surface area contributed by atoms with E-state index in [4.69, 9.17) is 9.26 Å². The fraction of sp³-hybridized carbons (Fsp3) is 0.294. The quantitative estimate of drug-likeness (QED) is 0.645. The molecular weight excluding hydrogens is 359 g/mol. The monoisotopic (exact) mass is 376 g/mol. The third kappa shape index (κ3) is 4.05. The van der Waals surface area contributed by atoms with Crippen LogP contribution in [0.2, 0.25) is 0 Å². The number of ether oxygens (including phenoxy) is 1. The summed E-state index contributed by atoms with van der Waals surface area (Å²) in [5.41, 5.74) is 1.15. The van der Waals surface area contributed by atoms with Crippen molar-refractivity contribution in [3.63, 3.8) is 0 Å². The molecule has 1 amide bonds. The zero-order valence-corrected chi connectivity index (χ0v) is 15.3. The van der Waals surface area contributed by atoms with Gasteiger partial charge in [-0.05, 0) is 24.3 Å². The molecule has 0 atom stereocenters. The molecule has 0 spiro atoms. The summed E-state index contributed by atoms with van der Waals surface area (Å²) in [6.07, 6.45) is 0.0743. The van der Waals surface area contributed by atoms with Crippen molar-refractivity contribution >= 4 is 28.1 Å². The van der Waals surface area contributed by atoms with Crippen LogP contribution in [-0.4, -0.2) is 21.0 Å². The molecular formula is C17H17FN4O3S. The fourth-order valence-corrected chi connectivity index (χ4v) is 3.00. The molecule has 0 bridgehead atoms. The number of benzene rings is 1. The third-order valence-electron chi connectivity index (χ3n) is 3.41. The zero-order valence-electron chi connectivity index (χ0n) is 14.5. The SMILES string of the molecule is CC(=O)N(c1ccc(F)cc1)c1nc(COc2nc(C(C)C)no2)cs1. The lowest BCUT2D eigenvalue weighted by Crippen LogP contribution is -2.22. The second-order valence-electron chi connectivity index (χ2n) is 5.81. The van der Waals surface area contributed by atoms with Gasteiger partial charge in [-0.2, -0.15) is 4.98 Å². The van der Waals surface area contributed by atoms with Crippen molar-refractivity contribution in [1.82, 2.24) is 15.1 Å². The van der Waals surface area contributed by atoms with Gasteiger partial charge < -0.3 is 4.74 Å². The van der Waals surface area contributed by atoms with E-state index in [0.29, 0.717) is 22.3 Å². The van der Waals surface area contributed by atoms with Gasteiger partial charge in [0, 0.05) is 18.2 Å². The largest absolute Gasteiger partial charge is 0.442 e. The van der Waals surface area contributed by atoms with E-state index in [2.05, 4.69) is 15.1 Å². The van der Waals surface area contributed by atoms with Crippen LogP contribution in [0.25, 0.3) is 0 Å². The summed E-state index contributed by atoms with van der Waals surface area (Å²) in [6, 6.07) is 5.65. The Morgan fingerprint density at radius 3 is 2.65 bits per heavy atom. The number of hydrogen-bond acceptors (Lipinski definition) is 7. The lowest BCUT2D eigenvalue weighted by Gasteiger charge is -2.17. The van der Waals surface area contributed by atoms with Crippen LogP contribution in [0.4, 0.5) is 15.2 Å². The summed E-state index contributed by atoms with van der Waals surface area (Å²) in [4.78, 5) is 22.0. The van der Waals surface area contributed by atoms with E-state index < -0.39 is 0 Å². The molecule has 0 aliphatic heterocycles. The molecule has 2 heterocycles. The Morgan fingerprint density at radius 2 is 2.04 bits per heavy atom. The van der Waals surface area contributed by atoms with Crippen molar-refractivity contribution < 1.29 is 18.4 Å². The Labute approximate surface area is 153 Å². The number of hydrogen-bond donors (Lipinski definition) is 0. The first-order valence-corrected chi connectivity index (χ1v) is 8.79. The normalized spacial score (nSPS) is 11.0. The second kappa shape index (κ2) is 7.61. The first-order chi connectivity index (χ1) is 12.4. The first kappa shape index (κ1) is 18.0. The maximum absolute atomic E-state index is 13.1. The summed E-state index contributed by atoms with van der Waals surface area (Å²) in [6.45, 7) is 5.46. The average Bonchev–Trinajstić information content (AvgIpc) is 3.24. The van der Waals surface area contributed by atoms with Crippen molar-refractivity contribution in [3.8, 4) is 6.08 Å². The molecule has 0 radical (unpaired) electrons. The number of thiazole rings is 1. The molecule has 0 unspecified atom stereocenters. The minimum atomic E-state index is -0.370. The van der Waals surface area contributed by atoms with Crippen LogP contribution in [0, 0.1) is 5.82 Å². The summed E-state index contributed by atoms with van der Waals surface area (Å²) in [7, 11) is 0. The molecule has 0 aliphatic rings. The van der Waals surface area contributed by atoms with Crippen molar-refractivity contribution in [2.24, 2.45) is 0 Å². The van der Waals surface area contributed by atoms with E-state index >= 15 is 0 Å². The molecule has 0 aliphatic carbocycles. The zero-order chi connectivity index (χ0) is 18.7. The number of amides is 1. The van der Waals surface area contributed by atoms with Gasteiger partial charge >= 0.3 is 6.08 Å². The lowest BCUT2D eigenvalue weighted by molar-refractivity contribution is -0.115. The summed E-state index contributed by atoms with van der Waals surface area (Å²) in [5, 5.41) is 6.06. The van der Waals surface area contributed by atoms with Gasteiger partial charge in [-0.3, -0.25) is 14.2 Å². The molecule has 1 aromatic carbocycles. The number of aromatic nitrogens is 3. The predicted molar refractivity (Wildman–Crippen MR) is 94.1 cm³/mol. The highest BCUT2D eigenvalue weighted by Crippen LogP contribution is 2.29. The average molecular weight is 376 g/mol. The van der Waals surface area contributed by atoms with Crippen LogP contribution >= 0.6 is 11.3 Å². The highest BCUT2D eigenvalue weighted by Gasteiger charge is 2.18. The lowest BCUT2D eigenvalue weighted by atomic mass is 10.2. The predicted octanol–water partition coefficient (Wildman–Crippen LogP) is 4.05. The first-order valence-electron chi connectivity index (χ1n) is 7.91. The molecule has 7 nitrogen and oxygen atoms in total. The standard InChI is InChI=1S/C17H17FN4O3S/c1-10(2)15-20-17(25-21-15)24-8-13-9-26-16(19-13)22(11(3)23)14-6-4-12(18)5-7-14/h4-7,9-10H,8H2,1-3H3. The van der Waals surface area contributed by atoms with Gasteiger partial charge in [0.15, 0.2) is 11.0 Å². The maximum Gasteiger partial charge on any atom is 0.417 e. The van der Waals surface area contributed by atoms with E-state index in [-0.39, 0.29) is 30.3 Å². The Bertz CT molecular complexity index is 892. The van der Waals surface area contributed by atoms with E-state index in [1.807, 2.05) is 13.8 Å². The van der Waals surface area contributed by atoms with Gasteiger partial charge in [0.2, 0.25) is 5.91 Å². The number of halogens is 1. The van der Waals surface area contributed by atoms with Crippen LogP contribution in [0.15, 0.2) is 34.2 Å². The Balaban J connectivity index is 1.72. The van der Waals surface area contributed by atoms with Gasteiger partial charge in [-0.15, -0.1) is 11.3 Å². The van der Waals surface area contributed by atoms with E-state index in [0.717, 1.165) is 0 Å². The van der Waals surface area contributed by atoms with Crippen molar-refractivity contribution in [2.45, 2.75) is 33.3 Å². The van der Waals surface area contributed by atoms with E-state index in [9.17, 15) is 9.18 Å². The number of anilines is 2. The summed E-state index contributed by atoms with van der Waals surface area (Å²) < 4.78 is 23.6. The second-order valence-corrected chi connectivity index (χ2v) is 6.65. The molecule has 0 saturated heterocycles. The molecule has 136 valence electrons. The number of carbonyl (C=O) groups excluding carboxylic acids is 1. The number of carbonyl (C=O) groups is 1. The van der Waals surface area contributed by atoms with Crippen LogP contribution in [0.5, 0.6) is 6.08 Å². The van der Waals surface area contributed by atoms with Crippen LogP contribution in [-0.2, 0) is 11.4 Å². The molecule has 3 rings (SSSR count). The Kier molecular flexibility index (Phi) is 5.27.